The number of anilines is 1. The molecule has 0 amide bonds. The molecule has 17 heavy (non-hydrogen) atoms. The number of nitrogens with two attached hydrogens (primary N) is 1. The van der Waals surface area contributed by atoms with Crippen LogP contribution < -0.4 is 5.73 Å². The summed E-state index contributed by atoms with van der Waals surface area (Å²) in [7, 11) is 0.394. The van der Waals surface area contributed by atoms with Gasteiger partial charge in [-0.25, -0.2) is 0 Å². The van der Waals surface area contributed by atoms with Gasteiger partial charge in [0.25, 0.3) is 0 Å². The van der Waals surface area contributed by atoms with Crippen molar-refractivity contribution >= 4 is 28.1 Å². The van der Waals surface area contributed by atoms with E-state index >= 15 is 0 Å². The topological polar surface area (TPSA) is 86.7 Å². The number of hydrogen-bond donors (Lipinski definition) is 1. The van der Waals surface area contributed by atoms with Gasteiger partial charge in [-0.3, -0.25) is 4.21 Å². The van der Waals surface area contributed by atoms with E-state index in [-0.39, 0.29) is 5.75 Å². The molecule has 0 spiro atoms. The predicted octanol–water partition coefficient (Wildman–Crippen LogP) is 0.754. The van der Waals surface area contributed by atoms with Crippen LogP contribution in [-0.4, -0.2) is 24.4 Å². The molecule has 2 rings (SSSR count). The van der Waals surface area contributed by atoms with Gasteiger partial charge in [0, 0.05) is 4.90 Å². The van der Waals surface area contributed by atoms with Gasteiger partial charge in [0.15, 0.2) is 5.82 Å². The van der Waals surface area contributed by atoms with Crippen LogP contribution in [0.5, 0.6) is 0 Å². The Bertz CT molecular complexity index is 570. The molecule has 0 bridgehead atoms. The predicted molar refractivity (Wildman–Crippen MR) is 64.8 cm³/mol. The molecule has 0 radical (unpaired) electrons. The molecule has 2 aromatic rings. The summed E-state index contributed by atoms with van der Waals surface area (Å²) in [6.07, 6.45) is 0. The average molecular weight is 272 g/mol. The van der Waals surface area contributed by atoms with Crippen LogP contribution in [0, 0.1) is 0 Å². The minimum Gasteiger partial charge on any atom is -0.398 e. The summed E-state index contributed by atoms with van der Waals surface area (Å²) < 4.78 is 12.0. The second-order valence-electron chi connectivity index (χ2n) is 3.37. The Balaban J connectivity index is 2.17. The van der Waals surface area contributed by atoms with E-state index < -0.39 is 10.8 Å². The monoisotopic (exact) mass is 271 g/mol. The van der Waals surface area contributed by atoms with Crippen molar-refractivity contribution in [2.75, 3.05) is 5.73 Å². The number of halogens is 1. The molecule has 0 fully saturated rings. The van der Waals surface area contributed by atoms with E-state index in [1.54, 1.807) is 25.2 Å². The number of nitrogens with zero attached hydrogens (tertiary/aromatic N) is 4. The standard InChI is InChI=1S/C9H10ClN5OS/c1-15-13-9(12-14-15)5-17(16)6-2-3-8(11)7(10)4-6/h2-4H,5,11H2,1H3. The summed E-state index contributed by atoms with van der Waals surface area (Å²) in [4.78, 5) is 1.92. The van der Waals surface area contributed by atoms with E-state index in [1.165, 1.54) is 4.80 Å². The fourth-order valence-electron chi connectivity index (χ4n) is 1.23. The number of nitrogen functional groups attached to an aromatic ring is 1. The molecule has 0 saturated heterocycles. The van der Waals surface area contributed by atoms with Crippen molar-refractivity contribution < 1.29 is 4.21 Å². The van der Waals surface area contributed by atoms with Crippen LogP contribution in [0.1, 0.15) is 5.82 Å². The molecule has 0 saturated carbocycles. The molecule has 1 atom stereocenters. The molecule has 1 heterocycles. The maximum absolute atomic E-state index is 12.0. The maximum Gasteiger partial charge on any atom is 0.187 e. The highest BCUT2D eigenvalue weighted by Gasteiger charge is 2.10. The summed E-state index contributed by atoms with van der Waals surface area (Å²) >= 11 is 5.86. The van der Waals surface area contributed by atoms with Crippen molar-refractivity contribution in [2.45, 2.75) is 10.6 Å². The van der Waals surface area contributed by atoms with E-state index in [2.05, 4.69) is 15.4 Å². The molecule has 90 valence electrons. The summed E-state index contributed by atoms with van der Waals surface area (Å²) in [6.45, 7) is 0. The van der Waals surface area contributed by atoms with Crippen LogP contribution in [-0.2, 0) is 23.6 Å². The molecule has 0 aliphatic heterocycles. The Morgan fingerprint density at radius 1 is 1.53 bits per heavy atom. The summed E-state index contributed by atoms with van der Waals surface area (Å²) in [5, 5.41) is 11.8. The molecule has 2 N–H and O–H groups in total. The van der Waals surface area contributed by atoms with Crippen LogP contribution in [0.2, 0.25) is 5.02 Å². The lowest BCUT2D eigenvalue weighted by Gasteiger charge is -2.02. The van der Waals surface area contributed by atoms with Gasteiger partial charge in [0.05, 0.1) is 34.3 Å². The third-order valence-electron chi connectivity index (χ3n) is 2.04. The van der Waals surface area contributed by atoms with Crippen molar-refractivity contribution in [3.63, 3.8) is 0 Å². The van der Waals surface area contributed by atoms with Crippen LogP contribution in [0.4, 0.5) is 5.69 Å². The fraction of sp³-hybridized carbons (Fsp3) is 0.222. The number of tetrazole rings is 1. The lowest BCUT2D eigenvalue weighted by atomic mass is 10.3. The van der Waals surface area contributed by atoms with Gasteiger partial charge in [-0.15, -0.1) is 10.2 Å². The van der Waals surface area contributed by atoms with Gasteiger partial charge in [-0.2, -0.15) is 4.80 Å². The zero-order chi connectivity index (χ0) is 12.4. The maximum atomic E-state index is 12.0. The van der Waals surface area contributed by atoms with Crippen LogP contribution >= 0.6 is 11.6 Å². The second kappa shape index (κ2) is 4.80. The van der Waals surface area contributed by atoms with Crippen LogP contribution in [0.25, 0.3) is 0 Å². The van der Waals surface area contributed by atoms with E-state index in [0.29, 0.717) is 21.4 Å². The molecule has 1 aromatic heterocycles. The van der Waals surface area contributed by atoms with Crippen molar-refractivity contribution in [2.24, 2.45) is 7.05 Å². The van der Waals surface area contributed by atoms with Gasteiger partial charge >= 0.3 is 0 Å². The molecule has 8 heteroatoms. The second-order valence-corrected chi connectivity index (χ2v) is 5.23. The fourth-order valence-corrected chi connectivity index (χ4v) is 2.46. The van der Waals surface area contributed by atoms with Gasteiger partial charge < -0.3 is 5.73 Å². The minimum absolute atomic E-state index is 0.202. The molecule has 6 nitrogen and oxygen atoms in total. The van der Waals surface area contributed by atoms with Gasteiger partial charge in [0.2, 0.25) is 0 Å². The number of rotatable bonds is 3. The number of aryl methyl sites for hydroxylation is 1. The van der Waals surface area contributed by atoms with E-state index in [0.717, 1.165) is 0 Å². The summed E-state index contributed by atoms with van der Waals surface area (Å²) in [6, 6.07) is 4.89. The minimum atomic E-state index is -1.26. The van der Waals surface area contributed by atoms with E-state index in [4.69, 9.17) is 17.3 Å². The van der Waals surface area contributed by atoms with Gasteiger partial charge in [-0.05, 0) is 23.4 Å². The normalized spacial score (nSPS) is 12.6. The molecular formula is C9H10ClN5OS. The Morgan fingerprint density at radius 2 is 2.29 bits per heavy atom. The molecule has 1 unspecified atom stereocenters. The zero-order valence-electron chi connectivity index (χ0n) is 9.00. The quantitative estimate of drug-likeness (QED) is 0.833. The van der Waals surface area contributed by atoms with Gasteiger partial charge in [-0.1, -0.05) is 11.6 Å². The Labute approximate surface area is 105 Å². The van der Waals surface area contributed by atoms with E-state index in [9.17, 15) is 4.21 Å². The third-order valence-corrected chi connectivity index (χ3v) is 3.67. The van der Waals surface area contributed by atoms with Crippen molar-refractivity contribution in [3.8, 4) is 0 Å². The summed E-state index contributed by atoms with van der Waals surface area (Å²) in [5.74, 6) is 0.632. The average Bonchev–Trinajstić information content (AvgIpc) is 2.68. The lowest BCUT2D eigenvalue weighted by Crippen LogP contribution is -2.00. The highest BCUT2D eigenvalue weighted by atomic mass is 35.5. The molecular weight excluding hydrogens is 262 g/mol. The van der Waals surface area contributed by atoms with Crippen molar-refractivity contribution in [1.82, 2.24) is 20.2 Å². The van der Waals surface area contributed by atoms with Crippen molar-refractivity contribution in [3.05, 3.63) is 29.0 Å². The first-order valence-electron chi connectivity index (χ1n) is 4.72. The highest BCUT2D eigenvalue weighted by molar-refractivity contribution is 7.84. The Hall–Kier alpha value is -1.47. The first-order chi connectivity index (χ1) is 8.06. The smallest absolute Gasteiger partial charge is 0.187 e. The number of hydrogen-bond acceptors (Lipinski definition) is 5. The van der Waals surface area contributed by atoms with Crippen molar-refractivity contribution in [1.29, 1.82) is 0 Å². The molecule has 0 aliphatic carbocycles. The Kier molecular flexibility index (Phi) is 3.39. The largest absolute Gasteiger partial charge is 0.398 e. The van der Waals surface area contributed by atoms with Crippen LogP contribution in [0.15, 0.2) is 23.1 Å². The third kappa shape index (κ3) is 2.80. The van der Waals surface area contributed by atoms with Gasteiger partial charge in [0.1, 0.15) is 0 Å². The zero-order valence-corrected chi connectivity index (χ0v) is 10.6. The first-order valence-corrected chi connectivity index (χ1v) is 6.42. The highest BCUT2D eigenvalue weighted by Crippen LogP contribution is 2.22. The SMILES string of the molecule is Cn1nnc(CS(=O)c2ccc(N)c(Cl)c2)n1. The first kappa shape index (κ1) is 12.0. The number of benzene rings is 1. The lowest BCUT2D eigenvalue weighted by molar-refractivity contribution is 0.628. The summed E-state index contributed by atoms with van der Waals surface area (Å²) in [5.41, 5.74) is 6.04. The van der Waals surface area contributed by atoms with E-state index in [1.807, 2.05) is 0 Å². The molecule has 1 aromatic carbocycles. The Morgan fingerprint density at radius 3 is 2.88 bits per heavy atom. The number of aromatic nitrogens is 4. The van der Waals surface area contributed by atoms with Crippen LogP contribution in [0.3, 0.4) is 0 Å². The molecule has 0 aliphatic rings.